The van der Waals surface area contributed by atoms with Gasteiger partial charge in [-0.05, 0) is 17.7 Å². The Morgan fingerprint density at radius 2 is 2.15 bits per heavy atom. The zero-order valence-electron chi connectivity index (χ0n) is 10.7. The number of benzene rings is 1. The molecule has 0 bridgehead atoms. The minimum absolute atomic E-state index is 0.0590. The number of carbonyl (C=O) groups is 1. The number of nitrogens with two attached hydrogens (primary N) is 1. The van der Waals surface area contributed by atoms with Crippen LogP contribution in [0.25, 0.3) is 0 Å². The van der Waals surface area contributed by atoms with Crippen molar-refractivity contribution in [3.05, 3.63) is 29.3 Å². The van der Waals surface area contributed by atoms with Gasteiger partial charge in [0, 0.05) is 31.2 Å². The summed E-state index contributed by atoms with van der Waals surface area (Å²) in [7, 11) is 0. The molecule has 0 saturated heterocycles. The first-order chi connectivity index (χ1) is 9.33. The zero-order valence-corrected chi connectivity index (χ0v) is 10.7. The fourth-order valence-corrected chi connectivity index (χ4v) is 2.71. The Labute approximate surface area is 114 Å². The third-order valence-electron chi connectivity index (χ3n) is 3.38. The van der Waals surface area contributed by atoms with E-state index in [9.17, 15) is 18.0 Å². The van der Waals surface area contributed by atoms with Crippen LogP contribution in [0.5, 0.6) is 0 Å². The highest BCUT2D eigenvalue weighted by Gasteiger charge is 2.40. The minimum atomic E-state index is -4.33. The van der Waals surface area contributed by atoms with E-state index in [1.54, 1.807) is 17.0 Å². The van der Waals surface area contributed by atoms with E-state index < -0.39 is 24.5 Å². The highest BCUT2D eigenvalue weighted by Crippen LogP contribution is 2.43. The Bertz CT molecular complexity index is 517. The van der Waals surface area contributed by atoms with Crippen LogP contribution in [0.1, 0.15) is 28.3 Å². The number of hydrogen-bond donors (Lipinski definition) is 2. The lowest BCUT2D eigenvalue weighted by Gasteiger charge is -2.19. The molecular weight excluding hydrogens is 273 g/mol. The van der Waals surface area contributed by atoms with Gasteiger partial charge in [0.25, 0.3) is 0 Å². The third-order valence-corrected chi connectivity index (χ3v) is 3.38. The van der Waals surface area contributed by atoms with E-state index in [2.05, 4.69) is 0 Å². The van der Waals surface area contributed by atoms with Gasteiger partial charge in [-0.3, -0.25) is 0 Å². The lowest BCUT2D eigenvalue weighted by Crippen LogP contribution is -2.29. The average Bonchev–Trinajstić information content (AvgIpc) is 2.66. The van der Waals surface area contributed by atoms with Gasteiger partial charge < -0.3 is 15.7 Å². The maximum atomic E-state index is 12.7. The van der Waals surface area contributed by atoms with Crippen molar-refractivity contribution >= 4 is 11.7 Å². The fourth-order valence-electron chi connectivity index (χ4n) is 2.71. The summed E-state index contributed by atoms with van der Waals surface area (Å²) in [4.78, 5) is 12.9. The number of aromatic carboxylic acids is 1. The molecule has 0 radical (unpaired) electrons. The van der Waals surface area contributed by atoms with E-state index >= 15 is 0 Å². The molecule has 1 heterocycles. The lowest BCUT2D eigenvalue weighted by molar-refractivity contribution is -0.138. The van der Waals surface area contributed by atoms with Crippen molar-refractivity contribution in [3.8, 4) is 0 Å². The van der Waals surface area contributed by atoms with Gasteiger partial charge in [0.1, 0.15) is 0 Å². The molecular formula is C13H15F3N2O2. The second-order valence-electron chi connectivity index (χ2n) is 4.79. The number of carboxylic acids is 1. The van der Waals surface area contributed by atoms with Crippen molar-refractivity contribution in [2.75, 3.05) is 24.5 Å². The van der Waals surface area contributed by atoms with Crippen molar-refractivity contribution in [2.24, 2.45) is 5.73 Å². The van der Waals surface area contributed by atoms with Crippen LogP contribution in [-0.4, -0.2) is 36.9 Å². The van der Waals surface area contributed by atoms with Gasteiger partial charge in [0.05, 0.1) is 12.0 Å². The van der Waals surface area contributed by atoms with Gasteiger partial charge in [0.15, 0.2) is 0 Å². The SMILES string of the molecule is NCCN1CC(CC(F)(F)F)c2c(C(=O)O)cccc21. The molecule has 1 aromatic rings. The van der Waals surface area contributed by atoms with Crippen LogP contribution in [0.4, 0.5) is 18.9 Å². The van der Waals surface area contributed by atoms with Gasteiger partial charge in [-0.2, -0.15) is 13.2 Å². The monoisotopic (exact) mass is 288 g/mol. The van der Waals surface area contributed by atoms with Crippen LogP contribution in [0.3, 0.4) is 0 Å². The first-order valence-corrected chi connectivity index (χ1v) is 6.21. The highest BCUT2D eigenvalue weighted by molar-refractivity contribution is 5.92. The normalized spacial score (nSPS) is 18.2. The van der Waals surface area contributed by atoms with Gasteiger partial charge in [0.2, 0.25) is 0 Å². The summed E-state index contributed by atoms with van der Waals surface area (Å²) in [6.45, 7) is 0.857. The largest absolute Gasteiger partial charge is 0.478 e. The van der Waals surface area contributed by atoms with Crippen LogP contribution in [0, 0.1) is 0 Å². The zero-order chi connectivity index (χ0) is 14.9. The smallest absolute Gasteiger partial charge is 0.389 e. The number of nitrogens with zero attached hydrogens (tertiary/aromatic N) is 1. The number of alkyl halides is 3. The molecule has 20 heavy (non-hydrogen) atoms. The standard InChI is InChI=1S/C13H15F3N2O2/c14-13(15,16)6-8-7-18(5-4-17)10-3-1-2-9(11(8)10)12(19)20/h1-3,8H,4-7,17H2,(H,19,20). The van der Waals surface area contributed by atoms with E-state index in [0.29, 0.717) is 18.8 Å². The van der Waals surface area contributed by atoms with Crippen LogP contribution >= 0.6 is 0 Å². The number of hydrogen-bond acceptors (Lipinski definition) is 3. The Hall–Kier alpha value is -1.76. The van der Waals surface area contributed by atoms with Crippen LogP contribution < -0.4 is 10.6 Å². The predicted octanol–water partition coefficient (Wildman–Crippen LogP) is 2.20. The fraction of sp³-hybridized carbons (Fsp3) is 0.462. The summed E-state index contributed by atoms with van der Waals surface area (Å²) < 4.78 is 38.0. The Morgan fingerprint density at radius 3 is 2.70 bits per heavy atom. The number of rotatable bonds is 4. The first kappa shape index (κ1) is 14.6. The molecule has 0 aromatic heterocycles. The van der Waals surface area contributed by atoms with Crippen molar-refractivity contribution in [2.45, 2.75) is 18.5 Å². The summed E-state index contributed by atoms with van der Waals surface area (Å²) in [5, 5.41) is 9.16. The lowest BCUT2D eigenvalue weighted by atomic mass is 9.93. The molecule has 2 rings (SSSR count). The summed E-state index contributed by atoms with van der Waals surface area (Å²) in [5.74, 6) is -2.06. The minimum Gasteiger partial charge on any atom is -0.478 e. The molecule has 1 unspecified atom stereocenters. The van der Waals surface area contributed by atoms with E-state index in [1.807, 2.05) is 0 Å². The number of carboxylic acid groups (broad SMARTS) is 1. The molecule has 1 aliphatic rings. The molecule has 0 aliphatic carbocycles. The van der Waals surface area contributed by atoms with Gasteiger partial charge >= 0.3 is 12.1 Å². The molecule has 1 atom stereocenters. The summed E-state index contributed by atoms with van der Waals surface area (Å²) >= 11 is 0. The summed E-state index contributed by atoms with van der Waals surface area (Å²) in [6.07, 6.45) is -5.35. The van der Waals surface area contributed by atoms with Crippen molar-refractivity contribution < 1.29 is 23.1 Å². The second kappa shape index (κ2) is 5.32. The first-order valence-electron chi connectivity index (χ1n) is 6.21. The van der Waals surface area contributed by atoms with Crippen LogP contribution in [-0.2, 0) is 0 Å². The van der Waals surface area contributed by atoms with Crippen molar-refractivity contribution in [3.63, 3.8) is 0 Å². The molecule has 4 nitrogen and oxygen atoms in total. The van der Waals surface area contributed by atoms with Crippen LogP contribution in [0.15, 0.2) is 18.2 Å². The van der Waals surface area contributed by atoms with E-state index in [1.165, 1.54) is 6.07 Å². The summed E-state index contributed by atoms with van der Waals surface area (Å²) in [5.41, 5.74) is 6.21. The molecule has 3 N–H and O–H groups in total. The molecule has 7 heteroatoms. The average molecular weight is 288 g/mol. The maximum Gasteiger partial charge on any atom is 0.389 e. The number of fused-ring (bicyclic) bond motifs is 1. The Morgan fingerprint density at radius 1 is 1.45 bits per heavy atom. The third kappa shape index (κ3) is 2.87. The molecule has 0 amide bonds. The molecule has 0 spiro atoms. The number of halogens is 3. The van der Waals surface area contributed by atoms with Crippen molar-refractivity contribution in [1.29, 1.82) is 0 Å². The second-order valence-corrected chi connectivity index (χ2v) is 4.79. The van der Waals surface area contributed by atoms with Gasteiger partial charge in [-0.15, -0.1) is 0 Å². The Kier molecular flexibility index (Phi) is 3.89. The van der Waals surface area contributed by atoms with E-state index in [4.69, 9.17) is 10.8 Å². The predicted molar refractivity (Wildman–Crippen MR) is 68.1 cm³/mol. The van der Waals surface area contributed by atoms with Gasteiger partial charge in [-0.1, -0.05) is 6.07 Å². The van der Waals surface area contributed by atoms with E-state index in [0.717, 1.165) is 0 Å². The van der Waals surface area contributed by atoms with Crippen LogP contribution in [0.2, 0.25) is 0 Å². The molecule has 1 aromatic carbocycles. The maximum absolute atomic E-state index is 12.7. The Balaban J connectivity index is 2.44. The molecule has 0 saturated carbocycles. The topological polar surface area (TPSA) is 66.6 Å². The molecule has 110 valence electrons. The van der Waals surface area contributed by atoms with E-state index in [-0.39, 0.29) is 17.7 Å². The quantitative estimate of drug-likeness (QED) is 0.891. The molecule has 0 fully saturated rings. The van der Waals surface area contributed by atoms with Crippen molar-refractivity contribution in [1.82, 2.24) is 0 Å². The summed E-state index contributed by atoms with van der Waals surface area (Å²) in [6, 6.07) is 4.53. The van der Waals surface area contributed by atoms with Gasteiger partial charge in [-0.25, -0.2) is 4.79 Å². The molecule has 1 aliphatic heterocycles. The number of anilines is 1. The highest BCUT2D eigenvalue weighted by atomic mass is 19.4.